The molecule has 0 spiro atoms. The van der Waals surface area contributed by atoms with E-state index in [1.807, 2.05) is 0 Å². The monoisotopic (exact) mass is 219 g/mol. The second-order valence-corrected chi connectivity index (χ2v) is 2.97. The van der Waals surface area contributed by atoms with E-state index in [0.29, 0.717) is 6.07 Å². The van der Waals surface area contributed by atoms with Crippen molar-refractivity contribution >= 4 is 5.57 Å². The van der Waals surface area contributed by atoms with Gasteiger partial charge in [0.2, 0.25) is 0 Å². The number of nitrogens with two attached hydrogens (primary N) is 1. The lowest BCUT2D eigenvalue weighted by Gasteiger charge is -2.11. The molecule has 1 nitrogen and oxygen atoms in total. The first-order valence-corrected chi connectivity index (χ1v) is 4.12. The number of benzene rings is 1. The maximum atomic E-state index is 13.4. The lowest BCUT2D eigenvalue weighted by atomic mass is 10.0. The molecule has 15 heavy (non-hydrogen) atoms. The van der Waals surface area contributed by atoms with Crippen molar-refractivity contribution in [3.63, 3.8) is 0 Å². The normalized spacial score (nSPS) is 11.5. The predicted molar refractivity (Wildman–Crippen MR) is 49.5 cm³/mol. The molecule has 0 saturated carbocycles. The summed E-state index contributed by atoms with van der Waals surface area (Å²) < 4.78 is 50.3. The van der Waals surface area contributed by atoms with Gasteiger partial charge in [-0.05, 0) is 11.6 Å². The lowest BCUT2D eigenvalue weighted by Crippen LogP contribution is -2.11. The summed E-state index contributed by atoms with van der Waals surface area (Å²) in [7, 11) is 0. The minimum Gasteiger partial charge on any atom is -0.326 e. The van der Waals surface area contributed by atoms with Crippen molar-refractivity contribution in [2.75, 3.05) is 6.54 Å². The van der Waals surface area contributed by atoms with Crippen LogP contribution in [0.4, 0.5) is 17.6 Å². The van der Waals surface area contributed by atoms with E-state index in [2.05, 4.69) is 6.58 Å². The van der Waals surface area contributed by atoms with Gasteiger partial charge in [-0.25, -0.2) is 4.39 Å². The maximum Gasteiger partial charge on any atom is 0.419 e. The number of hydrogen-bond donors (Lipinski definition) is 1. The summed E-state index contributed by atoms with van der Waals surface area (Å²) in [6.45, 7) is 3.31. The Morgan fingerprint density at radius 3 is 2.40 bits per heavy atom. The zero-order valence-electron chi connectivity index (χ0n) is 7.74. The molecule has 0 aliphatic rings. The van der Waals surface area contributed by atoms with E-state index in [-0.39, 0.29) is 17.7 Å². The average molecular weight is 219 g/mol. The van der Waals surface area contributed by atoms with Crippen molar-refractivity contribution in [2.24, 2.45) is 5.73 Å². The molecule has 0 fully saturated rings. The van der Waals surface area contributed by atoms with E-state index in [0.717, 1.165) is 6.07 Å². The van der Waals surface area contributed by atoms with Crippen LogP contribution in [-0.2, 0) is 6.18 Å². The zero-order chi connectivity index (χ0) is 11.6. The van der Waals surface area contributed by atoms with Gasteiger partial charge in [-0.1, -0.05) is 18.7 Å². The summed E-state index contributed by atoms with van der Waals surface area (Å²) in [5.41, 5.74) is 3.84. The van der Waals surface area contributed by atoms with Crippen molar-refractivity contribution in [2.45, 2.75) is 6.18 Å². The summed E-state index contributed by atoms with van der Waals surface area (Å²) in [6, 6.07) is 3.03. The van der Waals surface area contributed by atoms with Gasteiger partial charge >= 0.3 is 6.18 Å². The molecule has 0 amide bonds. The number of alkyl halides is 3. The minimum absolute atomic E-state index is 0.0851. The Balaban J connectivity index is 3.30. The molecule has 0 aromatic heterocycles. The summed E-state index contributed by atoms with van der Waals surface area (Å²) in [6.07, 6.45) is -4.70. The average Bonchev–Trinajstić information content (AvgIpc) is 2.15. The van der Waals surface area contributed by atoms with Crippen LogP contribution in [0.15, 0.2) is 24.8 Å². The number of hydrogen-bond acceptors (Lipinski definition) is 1. The summed E-state index contributed by atoms with van der Waals surface area (Å²) in [5.74, 6) is -1.32. The van der Waals surface area contributed by atoms with Gasteiger partial charge < -0.3 is 5.73 Å². The van der Waals surface area contributed by atoms with Crippen LogP contribution < -0.4 is 5.73 Å². The molecule has 0 atom stereocenters. The van der Waals surface area contributed by atoms with Crippen molar-refractivity contribution in [3.05, 3.63) is 41.7 Å². The number of halogens is 4. The Kier molecular flexibility index (Phi) is 3.14. The first-order chi connectivity index (χ1) is 6.88. The molecule has 0 unspecified atom stereocenters. The van der Waals surface area contributed by atoms with Crippen molar-refractivity contribution in [3.8, 4) is 0 Å². The molecule has 1 aromatic rings. The van der Waals surface area contributed by atoms with E-state index < -0.39 is 17.6 Å². The van der Waals surface area contributed by atoms with Crippen LogP contribution in [0.2, 0.25) is 0 Å². The Morgan fingerprint density at radius 2 is 1.93 bits per heavy atom. The molecule has 1 aromatic carbocycles. The minimum atomic E-state index is -4.70. The molecule has 5 heteroatoms. The lowest BCUT2D eigenvalue weighted by molar-refractivity contribution is -0.140. The van der Waals surface area contributed by atoms with Crippen LogP contribution in [0.25, 0.3) is 5.57 Å². The fourth-order valence-corrected chi connectivity index (χ4v) is 1.13. The van der Waals surface area contributed by atoms with Crippen LogP contribution in [0.3, 0.4) is 0 Å². The van der Waals surface area contributed by atoms with E-state index in [1.165, 1.54) is 6.07 Å². The first-order valence-electron chi connectivity index (χ1n) is 4.12. The second-order valence-electron chi connectivity index (χ2n) is 2.97. The third kappa shape index (κ3) is 2.36. The van der Waals surface area contributed by atoms with E-state index in [9.17, 15) is 17.6 Å². The zero-order valence-corrected chi connectivity index (χ0v) is 7.74. The molecular weight excluding hydrogens is 210 g/mol. The standard InChI is InChI=1S/C10H9F4N/c1-6(5-15)7-3-2-4-8(9(7)11)10(12,13)14/h2-4H,1,5,15H2. The molecule has 82 valence electrons. The highest BCUT2D eigenvalue weighted by atomic mass is 19.4. The smallest absolute Gasteiger partial charge is 0.326 e. The molecular formula is C10H9F4N. The fourth-order valence-electron chi connectivity index (χ4n) is 1.13. The Labute approximate surface area is 84.2 Å². The highest BCUT2D eigenvalue weighted by Gasteiger charge is 2.34. The van der Waals surface area contributed by atoms with Gasteiger partial charge in [-0.2, -0.15) is 13.2 Å². The molecule has 0 aliphatic heterocycles. The van der Waals surface area contributed by atoms with Gasteiger partial charge in [0, 0.05) is 12.1 Å². The molecule has 0 aliphatic carbocycles. The predicted octanol–water partition coefficient (Wildman–Crippen LogP) is 2.82. The Morgan fingerprint density at radius 1 is 1.33 bits per heavy atom. The third-order valence-electron chi connectivity index (χ3n) is 1.93. The van der Waals surface area contributed by atoms with E-state index >= 15 is 0 Å². The van der Waals surface area contributed by atoms with Crippen molar-refractivity contribution < 1.29 is 17.6 Å². The highest BCUT2D eigenvalue weighted by molar-refractivity contribution is 5.65. The summed E-state index contributed by atoms with van der Waals surface area (Å²) >= 11 is 0. The summed E-state index contributed by atoms with van der Waals surface area (Å²) in [4.78, 5) is 0. The van der Waals surface area contributed by atoms with Crippen molar-refractivity contribution in [1.82, 2.24) is 0 Å². The highest BCUT2D eigenvalue weighted by Crippen LogP contribution is 2.33. The van der Waals surface area contributed by atoms with Gasteiger partial charge in [0.1, 0.15) is 5.82 Å². The third-order valence-corrected chi connectivity index (χ3v) is 1.93. The molecule has 0 radical (unpaired) electrons. The van der Waals surface area contributed by atoms with Gasteiger partial charge in [0.05, 0.1) is 5.56 Å². The molecule has 1 rings (SSSR count). The Hall–Kier alpha value is -1.36. The Bertz CT molecular complexity index is 381. The molecule has 0 saturated heterocycles. The van der Waals surface area contributed by atoms with Crippen LogP contribution in [-0.4, -0.2) is 6.54 Å². The van der Waals surface area contributed by atoms with Crippen LogP contribution >= 0.6 is 0 Å². The summed E-state index contributed by atoms with van der Waals surface area (Å²) in [5, 5.41) is 0. The molecule has 0 bridgehead atoms. The molecule has 2 N–H and O–H groups in total. The quantitative estimate of drug-likeness (QED) is 0.760. The fraction of sp³-hybridized carbons (Fsp3) is 0.200. The van der Waals surface area contributed by atoms with Gasteiger partial charge in [0.15, 0.2) is 0 Å². The van der Waals surface area contributed by atoms with Gasteiger partial charge in [0.25, 0.3) is 0 Å². The molecule has 0 heterocycles. The number of rotatable bonds is 2. The van der Waals surface area contributed by atoms with E-state index in [4.69, 9.17) is 5.73 Å². The first kappa shape index (κ1) is 11.7. The van der Waals surface area contributed by atoms with Crippen LogP contribution in [0.5, 0.6) is 0 Å². The van der Waals surface area contributed by atoms with Gasteiger partial charge in [-0.15, -0.1) is 0 Å². The largest absolute Gasteiger partial charge is 0.419 e. The van der Waals surface area contributed by atoms with Gasteiger partial charge in [-0.3, -0.25) is 0 Å². The van der Waals surface area contributed by atoms with Crippen LogP contribution in [0, 0.1) is 5.82 Å². The SMILES string of the molecule is C=C(CN)c1cccc(C(F)(F)F)c1F. The maximum absolute atomic E-state index is 13.4. The van der Waals surface area contributed by atoms with Crippen LogP contribution in [0.1, 0.15) is 11.1 Å². The van der Waals surface area contributed by atoms with Crippen molar-refractivity contribution in [1.29, 1.82) is 0 Å². The topological polar surface area (TPSA) is 26.0 Å². The second kappa shape index (κ2) is 4.02. The van der Waals surface area contributed by atoms with E-state index in [1.54, 1.807) is 0 Å².